The number of hydrogen-bond donors (Lipinski definition) is 2. The SMILES string of the molecule is O=C(C1CCCN1)N(Cc1cccc(O)c1)C1CC1. The third-order valence-corrected chi connectivity index (χ3v) is 3.89. The predicted octanol–water partition coefficient (Wildman–Crippen LogP) is 1.64. The molecule has 0 aromatic heterocycles. The van der Waals surface area contributed by atoms with E-state index in [4.69, 9.17) is 0 Å². The third kappa shape index (κ3) is 2.89. The lowest BCUT2D eigenvalue weighted by molar-refractivity contribution is -0.134. The molecule has 4 heteroatoms. The monoisotopic (exact) mass is 260 g/mol. The van der Waals surface area contributed by atoms with Crippen LogP contribution in [0, 0.1) is 0 Å². The van der Waals surface area contributed by atoms with Crippen LogP contribution in [0.2, 0.25) is 0 Å². The second-order valence-electron chi connectivity index (χ2n) is 5.52. The van der Waals surface area contributed by atoms with Crippen LogP contribution in [0.3, 0.4) is 0 Å². The van der Waals surface area contributed by atoms with E-state index < -0.39 is 0 Å². The predicted molar refractivity (Wildman–Crippen MR) is 72.7 cm³/mol. The number of phenolic OH excluding ortho intramolecular Hbond substituents is 1. The first-order valence-corrected chi connectivity index (χ1v) is 7.06. The Kier molecular flexibility index (Phi) is 3.42. The van der Waals surface area contributed by atoms with Gasteiger partial charge in [0.25, 0.3) is 0 Å². The van der Waals surface area contributed by atoms with Crippen LogP contribution >= 0.6 is 0 Å². The highest BCUT2D eigenvalue weighted by Gasteiger charge is 2.36. The lowest BCUT2D eigenvalue weighted by Crippen LogP contribution is -2.44. The van der Waals surface area contributed by atoms with E-state index in [9.17, 15) is 9.90 Å². The van der Waals surface area contributed by atoms with Gasteiger partial charge in [-0.15, -0.1) is 0 Å². The van der Waals surface area contributed by atoms with Gasteiger partial charge in [0, 0.05) is 12.6 Å². The van der Waals surface area contributed by atoms with Gasteiger partial charge in [-0.3, -0.25) is 4.79 Å². The molecule has 1 atom stereocenters. The molecule has 1 unspecified atom stereocenters. The first kappa shape index (κ1) is 12.5. The number of amides is 1. The molecule has 1 aromatic rings. The number of aromatic hydroxyl groups is 1. The van der Waals surface area contributed by atoms with E-state index in [0.717, 1.165) is 37.8 Å². The standard InChI is InChI=1S/C15H20N2O2/c18-13-4-1-3-11(9-13)10-17(12-6-7-12)15(19)14-5-2-8-16-14/h1,3-4,9,12,14,16,18H,2,5-8,10H2. The summed E-state index contributed by atoms with van der Waals surface area (Å²) >= 11 is 0. The number of nitrogens with one attached hydrogen (secondary N) is 1. The minimum Gasteiger partial charge on any atom is -0.508 e. The third-order valence-electron chi connectivity index (χ3n) is 3.89. The van der Waals surface area contributed by atoms with Crippen LogP contribution in [-0.4, -0.2) is 34.5 Å². The topological polar surface area (TPSA) is 52.6 Å². The number of carbonyl (C=O) groups excluding carboxylic acids is 1. The molecule has 1 saturated carbocycles. The summed E-state index contributed by atoms with van der Waals surface area (Å²) in [5, 5.41) is 12.8. The van der Waals surface area contributed by atoms with Gasteiger partial charge < -0.3 is 15.3 Å². The minimum absolute atomic E-state index is 0.00194. The summed E-state index contributed by atoms with van der Waals surface area (Å²) < 4.78 is 0. The summed E-state index contributed by atoms with van der Waals surface area (Å²) in [6.07, 6.45) is 4.25. The van der Waals surface area contributed by atoms with Crippen LogP contribution in [0.5, 0.6) is 5.75 Å². The number of benzene rings is 1. The second kappa shape index (κ2) is 5.21. The summed E-state index contributed by atoms with van der Waals surface area (Å²) in [4.78, 5) is 14.5. The fourth-order valence-electron chi connectivity index (χ4n) is 2.72. The van der Waals surface area contributed by atoms with Crippen molar-refractivity contribution in [1.29, 1.82) is 0 Å². The molecule has 4 nitrogen and oxygen atoms in total. The Hall–Kier alpha value is -1.55. The highest BCUT2D eigenvalue weighted by Crippen LogP contribution is 2.30. The van der Waals surface area contributed by atoms with Gasteiger partial charge in [-0.1, -0.05) is 12.1 Å². The molecule has 3 rings (SSSR count). The fraction of sp³-hybridized carbons (Fsp3) is 0.533. The molecule has 19 heavy (non-hydrogen) atoms. The van der Waals surface area contributed by atoms with Crippen molar-refractivity contribution in [3.05, 3.63) is 29.8 Å². The van der Waals surface area contributed by atoms with E-state index in [1.807, 2.05) is 17.0 Å². The highest BCUT2D eigenvalue weighted by atomic mass is 16.3. The fourth-order valence-corrected chi connectivity index (χ4v) is 2.72. The quantitative estimate of drug-likeness (QED) is 0.865. The van der Waals surface area contributed by atoms with Crippen LogP contribution in [0.1, 0.15) is 31.2 Å². The molecule has 0 bridgehead atoms. The van der Waals surface area contributed by atoms with Crippen molar-refractivity contribution in [2.75, 3.05) is 6.54 Å². The summed E-state index contributed by atoms with van der Waals surface area (Å²) in [7, 11) is 0. The molecular weight excluding hydrogens is 240 g/mol. The minimum atomic E-state index is -0.00194. The molecule has 2 aliphatic rings. The number of rotatable bonds is 4. The maximum absolute atomic E-state index is 12.5. The zero-order valence-corrected chi connectivity index (χ0v) is 11.0. The molecule has 1 aromatic carbocycles. The van der Waals surface area contributed by atoms with Gasteiger partial charge in [-0.05, 0) is 49.9 Å². The molecule has 1 aliphatic heterocycles. The zero-order valence-electron chi connectivity index (χ0n) is 11.0. The average molecular weight is 260 g/mol. The molecule has 1 saturated heterocycles. The smallest absolute Gasteiger partial charge is 0.240 e. The van der Waals surface area contributed by atoms with Crippen molar-refractivity contribution in [1.82, 2.24) is 10.2 Å². The van der Waals surface area contributed by atoms with Gasteiger partial charge in [0.2, 0.25) is 5.91 Å². The Balaban J connectivity index is 1.72. The molecule has 2 N–H and O–H groups in total. The average Bonchev–Trinajstić information content (AvgIpc) is 3.09. The normalized spacial score (nSPS) is 22.4. The number of hydrogen-bond acceptors (Lipinski definition) is 3. The van der Waals surface area contributed by atoms with Crippen molar-refractivity contribution in [3.63, 3.8) is 0 Å². The summed E-state index contributed by atoms with van der Waals surface area (Å²) in [6, 6.07) is 7.59. The van der Waals surface area contributed by atoms with Crippen molar-refractivity contribution >= 4 is 5.91 Å². The molecule has 0 radical (unpaired) electrons. The van der Waals surface area contributed by atoms with E-state index in [0.29, 0.717) is 12.6 Å². The van der Waals surface area contributed by atoms with Gasteiger partial charge >= 0.3 is 0 Å². The van der Waals surface area contributed by atoms with Gasteiger partial charge in [0.15, 0.2) is 0 Å². The van der Waals surface area contributed by atoms with Crippen LogP contribution in [0.25, 0.3) is 0 Å². The summed E-state index contributed by atoms with van der Waals surface area (Å²) in [5.41, 5.74) is 0.998. The second-order valence-corrected chi connectivity index (χ2v) is 5.52. The lowest BCUT2D eigenvalue weighted by atomic mass is 10.1. The Morgan fingerprint density at radius 2 is 2.21 bits per heavy atom. The van der Waals surface area contributed by atoms with Gasteiger partial charge in [-0.2, -0.15) is 0 Å². The van der Waals surface area contributed by atoms with Crippen molar-refractivity contribution < 1.29 is 9.90 Å². The first-order valence-electron chi connectivity index (χ1n) is 7.06. The molecule has 2 fully saturated rings. The molecule has 102 valence electrons. The number of phenols is 1. The number of carbonyl (C=O) groups is 1. The van der Waals surface area contributed by atoms with E-state index in [2.05, 4.69) is 5.32 Å². The molecule has 1 heterocycles. The van der Waals surface area contributed by atoms with E-state index in [1.165, 1.54) is 0 Å². The lowest BCUT2D eigenvalue weighted by Gasteiger charge is -2.25. The van der Waals surface area contributed by atoms with Crippen LogP contribution in [0.15, 0.2) is 24.3 Å². The van der Waals surface area contributed by atoms with Crippen LogP contribution in [-0.2, 0) is 11.3 Å². The summed E-state index contributed by atoms with van der Waals surface area (Å²) in [5.74, 6) is 0.489. The maximum atomic E-state index is 12.5. The molecule has 1 amide bonds. The molecular formula is C15H20N2O2. The Morgan fingerprint density at radius 3 is 2.84 bits per heavy atom. The van der Waals surface area contributed by atoms with E-state index in [-0.39, 0.29) is 17.7 Å². The molecule has 1 aliphatic carbocycles. The first-order chi connectivity index (χ1) is 9.24. The van der Waals surface area contributed by atoms with Crippen LogP contribution in [0.4, 0.5) is 0 Å². The Labute approximate surface area is 113 Å². The van der Waals surface area contributed by atoms with E-state index in [1.54, 1.807) is 12.1 Å². The summed E-state index contributed by atoms with van der Waals surface area (Å²) in [6.45, 7) is 1.55. The number of nitrogens with zero attached hydrogens (tertiary/aromatic N) is 1. The van der Waals surface area contributed by atoms with E-state index >= 15 is 0 Å². The van der Waals surface area contributed by atoms with Crippen molar-refractivity contribution in [3.8, 4) is 5.75 Å². The van der Waals surface area contributed by atoms with Crippen LogP contribution < -0.4 is 5.32 Å². The van der Waals surface area contributed by atoms with Gasteiger partial charge in [0.05, 0.1) is 6.04 Å². The van der Waals surface area contributed by atoms with Crippen molar-refractivity contribution in [2.24, 2.45) is 0 Å². The zero-order chi connectivity index (χ0) is 13.2. The van der Waals surface area contributed by atoms with Gasteiger partial charge in [-0.25, -0.2) is 0 Å². The maximum Gasteiger partial charge on any atom is 0.240 e. The largest absolute Gasteiger partial charge is 0.508 e. The Bertz CT molecular complexity index is 465. The van der Waals surface area contributed by atoms with Crippen molar-refractivity contribution in [2.45, 2.75) is 44.3 Å². The van der Waals surface area contributed by atoms with Gasteiger partial charge in [0.1, 0.15) is 5.75 Å². The Morgan fingerprint density at radius 1 is 1.37 bits per heavy atom. The highest BCUT2D eigenvalue weighted by molar-refractivity contribution is 5.82. The molecule has 0 spiro atoms.